The van der Waals surface area contributed by atoms with Crippen molar-refractivity contribution in [3.8, 4) is 0 Å². The van der Waals surface area contributed by atoms with Crippen molar-refractivity contribution in [3.05, 3.63) is 54.1 Å². The number of aliphatic imine (C=N–C) groups is 1. The van der Waals surface area contributed by atoms with Crippen LogP contribution in [0.5, 0.6) is 0 Å². The Morgan fingerprint density at radius 1 is 1.04 bits per heavy atom. The number of hydrogen-bond donors (Lipinski definition) is 2. The number of rotatable bonds is 5. The summed E-state index contributed by atoms with van der Waals surface area (Å²) in [6, 6.07) is 16.8. The number of anilines is 2. The normalized spacial score (nSPS) is 13.9. The number of fused-ring (bicyclic) bond motifs is 1. The summed E-state index contributed by atoms with van der Waals surface area (Å²) in [7, 11) is 0. The predicted molar refractivity (Wildman–Crippen MR) is 107 cm³/mol. The molecular formula is C18H18N4S2. The lowest BCUT2D eigenvalue weighted by atomic mass is 10.1. The molecule has 0 bridgehead atoms. The van der Waals surface area contributed by atoms with Crippen LogP contribution in [0.4, 0.5) is 10.8 Å². The van der Waals surface area contributed by atoms with Crippen LogP contribution >= 0.6 is 23.1 Å². The second-order valence-electron chi connectivity index (χ2n) is 5.52. The maximum absolute atomic E-state index is 4.60. The molecule has 6 heteroatoms. The monoisotopic (exact) mass is 354 g/mol. The number of benzene rings is 2. The average molecular weight is 355 g/mol. The van der Waals surface area contributed by atoms with Crippen LogP contribution in [0.3, 0.4) is 0 Å². The van der Waals surface area contributed by atoms with Crippen molar-refractivity contribution in [2.24, 2.45) is 4.99 Å². The molecule has 2 heterocycles. The van der Waals surface area contributed by atoms with Gasteiger partial charge in [0.05, 0.1) is 16.8 Å². The average Bonchev–Trinajstić information content (AvgIpc) is 3.25. The molecule has 0 radical (unpaired) electrons. The van der Waals surface area contributed by atoms with Crippen molar-refractivity contribution in [3.63, 3.8) is 0 Å². The van der Waals surface area contributed by atoms with Gasteiger partial charge >= 0.3 is 0 Å². The zero-order chi connectivity index (χ0) is 16.2. The Hall–Kier alpha value is -2.05. The van der Waals surface area contributed by atoms with E-state index in [1.54, 1.807) is 23.1 Å². The quantitative estimate of drug-likeness (QED) is 0.710. The third kappa shape index (κ3) is 3.71. The summed E-state index contributed by atoms with van der Waals surface area (Å²) in [5.41, 5.74) is 3.48. The van der Waals surface area contributed by atoms with Gasteiger partial charge < -0.3 is 10.6 Å². The fraction of sp³-hybridized carbons (Fsp3) is 0.222. The summed E-state index contributed by atoms with van der Waals surface area (Å²) in [6.07, 6.45) is 0.978. The summed E-state index contributed by atoms with van der Waals surface area (Å²) in [4.78, 5) is 9.00. The van der Waals surface area contributed by atoms with Crippen LogP contribution < -0.4 is 10.6 Å². The Labute approximate surface area is 149 Å². The van der Waals surface area contributed by atoms with Gasteiger partial charge in [0.2, 0.25) is 0 Å². The van der Waals surface area contributed by atoms with Crippen molar-refractivity contribution < 1.29 is 0 Å². The number of nitrogens with one attached hydrogen (secondary N) is 2. The Morgan fingerprint density at radius 2 is 1.92 bits per heavy atom. The minimum atomic E-state index is 0.884. The van der Waals surface area contributed by atoms with Crippen molar-refractivity contribution in [2.75, 3.05) is 29.5 Å². The van der Waals surface area contributed by atoms with Crippen LogP contribution in [0.2, 0.25) is 0 Å². The molecule has 24 heavy (non-hydrogen) atoms. The molecule has 0 amide bonds. The van der Waals surface area contributed by atoms with E-state index in [0.717, 1.165) is 46.8 Å². The summed E-state index contributed by atoms with van der Waals surface area (Å²) in [6.45, 7) is 1.80. The summed E-state index contributed by atoms with van der Waals surface area (Å²) in [5, 5.41) is 8.80. The zero-order valence-electron chi connectivity index (χ0n) is 13.2. The zero-order valence-corrected chi connectivity index (χ0v) is 14.8. The minimum absolute atomic E-state index is 0.884. The van der Waals surface area contributed by atoms with Crippen LogP contribution in [0, 0.1) is 0 Å². The van der Waals surface area contributed by atoms with E-state index in [4.69, 9.17) is 0 Å². The molecule has 4 rings (SSSR count). The van der Waals surface area contributed by atoms with Gasteiger partial charge in [0.1, 0.15) is 0 Å². The van der Waals surface area contributed by atoms with E-state index < -0.39 is 0 Å². The molecule has 0 saturated carbocycles. The molecule has 0 fully saturated rings. The number of nitrogens with zero attached hydrogens (tertiary/aromatic N) is 2. The van der Waals surface area contributed by atoms with Gasteiger partial charge in [-0.25, -0.2) is 4.98 Å². The number of aromatic nitrogens is 1. The molecule has 0 unspecified atom stereocenters. The Kier molecular flexibility index (Phi) is 4.66. The number of para-hydroxylation sites is 1. The van der Waals surface area contributed by atoms with Gasteiger partial charge in [0.25, 0.3) is 0 Å². The van der Waals surface area contributed by atoms with Gasteiger partial charge in [-0.2, -0.15) is 0 Å². The van der Waals surface area contributed by atoms with Gasteiger partial charge in [-0.3, -0.25) is 4.99 Å². The van der Waals surface area contributed by atoms with Crippen molar-refractivity contribution in [1.29, 1.82) is 0 Å². The Balaban J connectivity index is 1.30. The van der Waals surface area contributed by atoms with E-state index in [1.807, 2.05) is 6.07 Å². The lowest BCUT2D eigenvalue weighted by Gasteiger charge is -2.07. The van der Waals surface area contributed by atoms with E-state index in [0.29, 0.717) is 0 Å². The van der Waals surface area contributed by atoms with Crippen molar-refractivity contribution in [1.82, 2.24) is 4.98 Å². The minimum Gasteiger partial charge on any atom is -0.361 e. The molecule has 122 valence electrons. The van der Waals surface area contributed by atoms with Gasteiger partial charge in [-0.15, -0.1) is 0 Å². The van der Waals surface area contributed by atoms with Crippen LogP contribution in [-0.2, 0) is 6.42 Å². The van der Waals surface area contributed by atoms with E-state index in [1.165, 1.54) is 10.3 Å². The molecule has 2 N–H and O–H groups in total. The number of thiazole rings is 1. The highest BCUT2D eigenvalue weighted by atomic mass is 32.2. The lowest BCUT2D eigenvalue weighted by Crippen LogP contribution is -2.06. The molecule has 1 aliphatic heterocycles. The van der Waals surface area contributed by atoms with Crippen LogP contribution in [0.15, 0.2) is 53.5 Å². The molecular weight excluding hydrogens is 336 g/mol. The van der Waals surface area contributed by atoms with E-state index in [9.17, 15) is 0 Å². The molecule has 0 aliphatic carbocycles. The maximum atomic E-state index is 4.60. The van der Waals surface area contributed by atoms with Crippen LogP contribution in [0.1, 0.15) is 5.56 Å². The fourth-order valence-corrected chi connectivity index (χ4v) is 4.19. The van der Waals surface area contributed by atoms with E-state index in [-0.39, 0.29) is 0 Å². The summed E-state index contributed by atoms with van der Waals surface area (Å²) in [5.74, 6) is 1.08. The first-order valence-corrected chi connectivity index (χ1v) is 9.80. The first-order chi connectivity index (χ1) is 11.9. The molecule has 0 atom stereocenters. The van der Waals surface area contributed by atoms with Gasteiger partial charge in [0, 0.05) is 18.0 Å². The molecule has 1 aromatic heterocycles. The summed E-state index contributed by atoms with van der Waals surface area (Å²) >= 11 is 3.48. The molecule has 2 aromatic carbocycles. The Bertz CT molecular complexity index is 822. The van der Waals surface area contributed by atoms with E-state index >= 15 is 0 Å². The maximum Gasteiger partial charge on any atom is 0.183 e. The first-order valence-electron chi connectivity index (χ1n) is 7.99. The third-order valence-corrected chi connectivity index (χ3v) is 5.66. The van der Waals surface area contributed by atoms with Crippen molar-refractivity contribution in [2.45, 2.75) is 6.42 Å². The highest BCUT2D eigenvalue weighted by Crippen LogP contribution is 2.25. The largest absolute Gasteiger partial charge is 0.361 e. The standard InChI is InChI=1S/C18H18N4S2/c1-2-4-16-15(3-1)22-18(24-16)19-10-9-13-5-7-14(8-6-13)21-17-20-11-12-23-17/h1-8H,9-12H2,(H,19,22)(H,20,21). The third-order valence-electron chi connectivity index (χ3n) is 3.77. The molecule has 0 saturated heterocycles. The van der Waals surface area contributed by atoms with Gasteiger partial charge in [-0.05, 0) is 36.2 Å². The second kappa shape index (κ2) is 7.23. The fourth-order valence-electron chi connectivity index (χ4n) is 2.55. The number of amidine groups is 1. The van der Waals surface area contributed by atoms with Gasteiger partial charge in [-0.1, -0.05) is 47.4 Å². The molecule has 1 aliphatic rings. The smallest absolute Gasteiger partial charge is 0.183 e. The SMILES string of the molecule is c1ccc2sc(NCCc3ccc(NC4=NCCS4)cc3)nc2c1. The highest BCUT2D eigenvalue weighted by Gasteiger charge is 2.07. The first kappa shape index (κ1) is 15.5. The number of thioether (sulfide) groups is 1. The van der Waals surface area contributed by atoms with Gasteiger partial charge in [0.15, 0.2) is 10.3 Å². The Morgan fingerprint density at radius 3 is 2.71 bits per heavy atom. The van der Waals surface area contributed by atoms with Crippen molar-refractivity contribution >= 4 is 49.3 Å². The van der Waals surface area contributed by atoms with Crippen LogP contribution in [-0.4, -0.2) is 29.0 Å². The van der Waals surface area contributed by atoms with Crippen LogP contribution in [0.25, 0.3) is 10.2 Å². The summed E-state index contributed by atoms with van der Waals surface area (Å²) < 4.78 is 1.23. The molecule has 4 nitrogen and oxygen atoms in total. The highest BCUT2D eigenvalue weighted by molar-refractivity contribution is 8.14. The lowest BCUT2D eigenvalue weighted by molar-refractivity contribution is 1.02. The van der Waals surface area contributed by atoms with E-state index in [2.05, 4.69) is 63.1 Å². The predicted octanol–water partition coefficient (Wildman–Crippen LogP) is 4.47. The molecule has 0 spiro atoms. The molecule has 3 aromatic rings. The topological polar surface area (TPSA) is 49.3 Å². The number of hydrogen-bond acceptors (Lipinski definition) is 6. The second-order valence-corrected chi connectivity index (χ2v) is 7.64.